The van der Waals surface area contributed by atoms with Gasteiger partial charge < -0.3 is 4.74 Å². The topological polar surface area (TPSA) is 38.7 Å². The Labute approximate surface area is 93.7 Å². The lowest BCUT2D eigenvalue weighted by Gasteiger charge is -2.18. The van der Waals surface area contributed by atoms with Crippen molar-refractivity contribution >= 4 is 11.8 Å². The van der Waals surface area contributed by atoms with E-state index >= 15 is 0 Å². The highest BCUT2D eigenvalue weighted by Gasteiger charge is 2.44. The van der Waals surface area contributed by atoms with Gasteiger partial charge in [0, 0.05) is 0 Å². The minimum Gasteiger partial charge on any atom is -0.428 e. The number of alkyl halides is 4. The molecule has 0 unspecified atom stereocenters. The smallest absolute Gasteiger partial charge is 0.428 e. The molecule has 0 atom stereocenters. The number of rotatable bonds is 4. The molecule has 1 rings (SSSR count). The van der Waals surface area contributed by atoms with E-state index in [1.54, 1.807) is 0 Å². The minimum absolute atomic E-state index is 0.154. The van der Waals surface area contributed by atoms with Crippen LogP contribution >= 0.6 is 0 Å². The molecule has 7 heteroatoms. The molecule has 0 aliphatic carbocycles. The molecule has 3 nitrogen and oxygen atoms in total. The number of aryl methyl sites for hydroxylation is 1. The number of nitrogens with zero attached hydrogens (tertiary/aromatic N) is 1. The van der Waals surface area contributed by atoms with E-state index in [1.165, 1.54) is 25.1 Å². The summed E-state index contributed by atoms with van der Waals surface area (Å²) in [5, 5.41) is 0. The lowest BCUT2D eigenvalue weighted by molar-refractivity contribution is -0.253. The van der Waals surface area contributed by atoms with E-state index in [0.717, 1.165) is 6.07 Å². The second kappa shape index (κ2) is 4.97. The third kappa shape index (κ3) is 3.29. The molecule has 0 aliphatic heterocycles. The quantitative estimate of drug-likeness (QED) is 0.467. The van der Waals surface area contributed by atoms with Crippen molar-refractivity contribution in [1.29, 1.82) is 0 Å². The molecule has 0 amide bonds. The number of hydrogen-bond acceptors (Lipinski definition) is 3. The maximum atomic E-state index is 12.6. The number of hydrogen-bond donors (Lipinski definition) is 0. The standard InChI is InChI=1S/C10H7F4NO2/c1-6-4-7(15-5-16)2-3-8(6)17-10(13,14)9(11)12/h2-4,9H,1H3. The van der Waals surface area contributed by atoms with Crippen molar-refractivity contribution < 1.29 is 27.1 Å². The molecular weight excluding hydrogens is 242 g/mol. The van der Waals surface area contributed by atoms with Gasteiger partial charge in [0.1, 0.15) is 5.75 Å². The Balaban J connectivity index is 2.97. The lowest BCUT2D eigenvalue weighted by atomic mass is 10.2. The summed E-state index contributed by atoms with van der Waals surface area (Å²) >= 11 is 0. The lowest BCUT2D eigenvalue weighted by Crippen LogP contribution is -2.33. The molecule has 92 valence electrons. The molecule has 0 aromatic heterocycles. The minimum atomic E-state index is -4.56. The average molecular weight is 249 g/mol. The summed E-state index contributed by atoms with van der Waals surface area (Å²) in [5.74, 6) is -0.403. The monoisotopic (exact) mass is 249 g/mol. The first-order valence-electron chi connectivity index (χ1n) is 4.40. The van der Waals surface area contributed by atoms with E-state index in [2.05, 4.69) is 9.73 Å². The van der Waals surface area contributed by atoms with E-state index in [4.69, 9.17) is 0 Å². The van der Waals surface area contributed by atoms with Gasteiger partial charge in [0.25, 0.3) is 0 Å². The highest BCUT2D eigenvalue weighted by atomic mass is 19.3. The summed E-state index contributed by atoms with van der Waals surface area (Å²) in [6.45, 7) is 1.36. The van der Waals surface area contributed by atoms with Crippen LogP contribution in [0.15, 0.2) is 23.2 Å². The normalized spacial score (nSPS) is 11.2. The Kier molecular flexibility index (Phi) is 3.85. The van der Waals surface area contributed by atoms with Gasteiger partial charge in [-0.05, 0) is 30.7 Å². The van der Waals surface area contributed by atoms with Crippen LogP contribution in [0.1, 0.15) is 5.56 Å². The molecule has 0 radical (unpaired) electrons. The van der Waals surface area contributed by atoms with Crippen molar-refractivity contribution in [3.05, 3.63) is 23.8 Å². The van der Waals surface area contributed by atoms with E-state index < -0.39 is 18.3 Å². The summed E-state index contributed by atoms with van der Waals surface area (Å²) in [6.07, 6.45) is -7.21. The van der Waals surface area contributed by atoms with Gasteiger partial charge in [-0.15, -0.1) is 0 Å². The Morgan fingerprint density at radius 3 is 2.53 bits per heavy atom. The van der Waals surface area contributed by atoms with Gasteiger partial charge in [-0.25, -0.2) is 4.79 Å². The number of ether oxygens (including phenoxy) is 1. The molecule has 0 bridgehead atoms. The molecule has 17 heavy (non-hydrogen) atoms. The predicted molar refractivity (Wildman–Crippen MR) is 50.5 cm³/mol. The van der Waals surface area contributed by atoms with Crippen LogP contribution in [0.25, 0.3) is 0 Å². The second-order valence-electron chi connectivity index (χ2n) is 3.12. The highest BCUT2D eigenvalue weighted by molar-refractivity contribution is 5.52. The maximum Gasteiger partial charge on any atom is 0.461 e. The third-order valence-electron chi connectivity index (χ3n) is 1.83. The molecule has 0 N–H and O–H groups in total. The van der Waals surface area contributed by atoms with Gasteiger partial charge in [-0.3, -0.25) is 0 Å². The Hall–Kier alpha value is -1.88. The summed E-state index contributed by atoms with van der Waals surface area (Å²) in [4.78, 5) is 13.2. The molecule has 0 fully saturated rings. The Morgan fingerprint density at radius 2 is 2.06 bits per heavy atom. The van der Waals surface area contributed by atoms with Crippen LogP contribution in [0.3, 0.4) is 0 Å². The Morgan fingerprint density at radius 1 is 1.41 bits per heavy atom. The van der Waals surface area contributed by atoms with E-state index in [9.17, 15) is 22.4 Å². The SMILES string of the molecule is Cc1cc(N=C=O)ccc1OC(F)(F)C(F)F. The van der Waals surface area contributed by atoms with Crippen molar-refractivity contribution in [2.75, 3.05) is 0 Å². The van der Waals surface area contributed by atoms with E-state index in [-0.39, 0.29) is 11.3 Å². The van der Waals surface area contributed by atoms with Crippen LogP contribution in [0.4, 0.5) is 23.2 Å². The average Bonchev–Trinajstić information content (AvgIpc) is 2.22. The predicted octanol–water partition coefficient (Wildman–Crippen LogP) is 3.20. The maximum absolute atomic E-state index is 12.6. The second-order valence-corrected chi connectivity index (χ2v) is 3.12. The molecule has 0 spiro atoms. The van der Waals surface area contributed by atoms with Gasteiger partial charge in [-0.2, -0.15) is 22.6 Å². The molecule has 0 aliphatic rings. The van der Waals surface area contributed by atoms with Gasteiger partial charge in [-0.1, -0.05) is 0 Å². The fraction of sp³-hybridized carbons (Fsp3) is 0.300. The molecule has 1 aromatic rings. The van der Waals surface area contributed by atoms with Crippen molar-refractivity contribution in [3.63, 3.8) is 0 Å². The van der Waals surface area contributed by atoms with Crippen LogP contribution in [0.5, 0.6) is 5.75 Å². The molecule has 0 heterocycles. The summed E-state index contributed by atoms with van der Waals surface area (Å²) < 4.78 is 52.9. The highest BCUT2D eigenvalue weighted by Crippen LogP contribution is 2.31. The van der Waals surface area contributed by atoms with Gasteiger partial charge in [0.15, 0.2) is 0 Å². The zero-order valence-corrected chi connectivity index (χ0v) is 8.58. The molecule has 1 aromatic carbocycles. The zero-order chi connectivity index (χ0) is 13.1. The van der Waals surface area contributed by atoms with Gasteiger partial charge in [0.2, 0.25) is 6.08 Å². The molecular formula is C10H7F4NO2. The van der Waals surface area contributed by atoms with Crippen LogP contribution in [-0.4, -0.2) is 18.6 Å². The van der Waals surface area contributed by atoms with Crippen molar-refractivity contribution in [2.45, 2.75) is 19.5 Å². The van der Waals surface area contributed by atoms with Crippen LogP contribution in [-0.2, 0) is 4.79 Å². The molecule has 0 saturated carbocycles. The van der Waals surface area contributed by atoms with Crippen molar-refractivity contribution in [3.8, 4) is 5.75 Å². The first-order chi connectivity index (χ1) is 7.86. The third-order valence-corrected chi connectivity index (χ3v) is 1.83. The molecule has 0 saturated heterocycles. The van der Waals surface area contributed by atoms with E-state index in [0.29, 0.717) is 0 Å². The van der Waals surface area contributed by atoms with Gasteiger partial charge in [0.05, 0.1) is 5.69 Å². The van der Waals surface area contributed by atoms with Crippen LogP contribution < -0.4 is 4.74 Å². The fourth-order valence-electron chi connectivity index (χ4n) is 1.06. The number of halogens is 4. The fourth-order valence-corrected chi connectivity index (χ4v) is 1.06. The van der Waals surface area contributed by atoms with E-state index in [1.807, 2.05) is 0 Å². The summed E-state index contributed by atoms with van der Waals surface area (Å²) in [5.41, 5.74) is 0.326. The first-order valence-corrected chi connectivity index (χ1v) is 4.40. The van der Waals surface area contributed by atoms with Crippen molar-refractivity contribution in [2.24, 2.45) is 4.99 Å². The van der Waals surface area contributed by atoms with Crippen LogP contribution in [0.2, 0.25) is 0 Å². The van der Waals surface area contributed by atoms with Crippen molar-refractivity contribution in [1.82, 2.24) is 0 Å². The summed E-state index contributed by atoms with van der Waals surface area (Å²) in [6, 6.07) is 3.44. The number of benzene rings is 1. The number of carbonyl (C=O) groups excluding carboxylic acids is 1. The summed E-state index contributed by atoms with van der Waals surface area (Å²) in [7, 11) is 0. The van der Waals surface area contributed by atoms with Crippen LogP contribution in [0, 0.1) is 6.92 Å². The number of isocyanates is 1. The van der Waals surface area contributed by atoms with Gasteiger partial charge >= 0.3 is 12.5 Å². The Bertz CT molecular complexity index is 456. The zero-order valence-electron chi connectivity index (χ0n) is 8.58. The number of aliphatic imine (C=N–C) groups is 1. The largest absolute Gasteiger partial charge is 0.461 e. The first kappa shape index (κ1) is 13.2.